The molecule has 0 saturated heterocycles. The SMILES string of the molecule is C1=CCCC(N(c2ccccc2)c2ccc3c(c2)C2(c4ccccc4-c4ccccc42)c2cc(-c4ccccc4)cc4c5cc(-c6ccccc6)ccc5n-3c24)=C1. The number of allylic oxidation sites excluding steroid dienone is 4. The van der Waals surface area contributed by atoms with Crippen molar-refractivity contribution in [3.8, 4) is 39.1 Å². The van der Waals surface area contributed by atoms with Gasteiger partial charge in [0.15, 0.2) is 0 Å². The van der Waals surface area contributed by atoms with Crippen molar-refractivity contribution in [1.29, 1.82) is 0 Å². The van der Waals surface area contributed by atoms with Crippen LogP contribution in [0.3, 0.4) is 0 Å². The zero-order valence-electron chi connectivity index (χ0n) is 31.4. The molecule has 0 fully saturated rings. The van der Waals surface area contributed by atoms with Crippen LogP contribution in [0.25, 0.3) is 60.9 Å². The van der Waals surface area contributed by atoms with E-state index in [0.717, 1.165) is 12.8 Å². The summed E-state index contributed by atoms with van der Waals surface area (Å²) in [5.74, 6) is 0. The molecule has 2 heteroatoms. The standard InChI is InChI=1S/C55H38N2/c1-5-17-37(18-6-1)39-29-31-52-46(33-39)47-34-40(38-19-7-2-8-20-38)35-51-54(47)57(52)53-32-30-43(56(41-21-9-3-10-22-41)42-23-11-4-12-24-42)36-50(53)55(51)48-27-15-13-25-44(48)45-26-14-16-28-49(45)55/h1-11,13-23,25-36H,12,24H2. The number of anilines is 2. The first-order chi connectivity index (χ1) is 28.3. The topological polar surface area (TPSA) is 8.17 Å². The molecule has 12 rings (SSSR count). The largest absolute Gasteiger partial charge is 0.314 e. The smallest absolute Gasteiger partial charge is 0.0755 e. The van der Waals surface area contributed by atoms with Crippen LogP contribution in [0.4, 0.5) is 11.4 Å². The van der Waals surface area contributed by atoms with Gasteiger partial charge in [0.2, 0.25) is 0 Å². The molecule has 0 amide bonds. The maximum atomic E-state index is 2.58. The summed E-state index contributed by atoms with van der Waals surface area (Å²) >= 11 is 0. The molecular weight excluding hydrogens is 689 g/mol. The quantitative estimate of drug-likeness (QED) is 0.171. The maximum absolute atomic E-state index is 2.58. The van der Waals surface area contributed by atoms with Gasteiger partial charge in [0.1, 0.15) is 0 Å². The Morgan fingerprint density at radius 1 is 0.456 bits per heavy atom. The Labute approximate surface area is 332 Å². The van der Waals surface area contributed by atoms with Crippen molar-refractivity contribution in [3.63, 3.8) is 0 Å². The first kappa shape index (κ1) is 32.1. The summed E-state index contributed by atoms with van der Waals surface area (Å²) in [6.45, 7) is 0. The highest BCUT2D eigenvalue weighted by molar-refractivity contribution is 6.15. The Morgan fingerprint density at radius 2 is 1.09 bits per heavy atom. The molecule has 0 unspecified atom stereocenters. The highest BCUT2D eigenvalue weighted by atomic mass is 15.2. The first-order valence-electron chi connectivity index (χ1n) is 20.1. The Kier molecular flexibility index (Phi) is 7.00. The summed E-state index contributed by atoms with van der Waals surface area (Å²) in [4.78, 5) is 2.48. The van der Waals surface area contributed by atoms with Gasteiger partial charge in [-0.1, -0.05) is 146 Å². The molecule has 0 saturated carbocycles. The van der Waals surface area contributed by atoms with E-state index in [-0.39, 0.29) is 0 Å². The molecule has 57 heavy (non-hydrogen) atoms. The highest BCUT2D eigenvalue weighted by Crippen LogP contribution is 2.62. The Bertz CT molecular complexity index is 3070. The van der Waals surface area contributed by atoms with Crippen molar-refractivity contribution in [2.45, 2.75) is 18.3 Å². The fourth-order valence-corrected chi connectivity index (χ4v) is 10.2. The third kappa shape index (κ3) is 4.59. The molecule has 3 aliphatic rings. The molecule has 2 heterocycles. The molecule has 2 aliphatic carbocycles. The Morgan fingerprint density at radius 3 is 1.77 bits per heavy atom. The number of hydrogen-bond acceptors (Lipinski definition) is 1. The van der Waals surface area contributed by atoms with E-state index in [1.165, 1.54) is 100 Å². The number of hydrogen-bond donors (Lipinski definition) is 0. The average Bonchev–Trinajstić information content (AvgIpc) is 3.78. The zero-order chi connectivity index (χ0) is 37.5. The summed E-state index contributed by atoms with van der Waals surface area (Å²) < 4.78 is 2.58. The van der Waals surface area contributed by atoms with Gasteiger partial charge in [-0.05, 0) is 129 Å². The highest BCUT2D eigenvalue weighted by Gasteiger charge is 2.51. The van der Waals surface area contributed by atoms with Gasteiger partial charge in [0, 0.05) is 27.8 Å². The first-order valence-corrected chi connectivity index (χ1v) is 20.1. The fourth-order valence-electron chi connectivity index (χ4n) is 10.2. The number of fused-ring (bicyclic) bond motifs is 12. The molecule has 0 N–H and O–H groups in total. The van der Waals surface area contributed by atoms with Crippen LogP contribution >= 0.6 is 0 Å². The third-order valence-corrected chi connectivity index (χ3v) is 12.6. The van der Waals surface area contributed by atoms with Gasteiger partial charge in [-0.2, -0.15) is 0 Å². The molecule has 1 aliphatic heterocycles. The van der Waals surface area contributed by atoms with Gasteiger partial charge in [0.05, 0.1) is 22.1 Å². The van der Waals surface area contributed by atoms with Crippen LogP contribution in [-0.2, 0) is 5.41 Å². The van der Waals surface area contributed by atoms with Gasteiger partial charge >= 0.3 is 0 Å². The maximum Gasteiger partial charge on any atom is 0.0755 e. The van der Waals surface area contributed by atoms with E-state index in [4.69, 9.17) is 0 Å². The predicted molar refractivity (Wildman–Crippen MR) is 238 cm³/mol. The second kappa shape index (κ2) is 12.4. The van der Waals surface area contributed by atoms with E-state index in [9.17, 15) is 0 Å². The molecule has 9 aromatic rings. The molecule has 2 nitrogen and oxygen atoms in total. The van der Waals surface area contributed by atoms with Crippen molar-refractivity contribution in [1.82, 2.24) is 4.57 Å². The minimum atomic E-state index is -0.572. The summed E-state index contributed by atoms with van der Waals surface area (Å²) in [6.07, 6.45) is 8.79. The van der Waals surface area contributed by atoms with Gasteiger partial charge in [-0.15, -0.1) is 0 Å². The average molecular weight is 727 g/mol. The van der Waals surface area contributed by atoms with E-state index in [1.54, 1.807) is 0 Å². The van der Waals surface area contributed by atoms with Gasteiger partial charge in [-0.25, -0.2) is 0 Å². The van der Waals surface area contributed by atoms with Crippen LogP contribution < -0.4 is 4.90 Å². The van der Waals surface area contributed by atoms with E-state index >= 15 is 0 Å². The lowest BCUT2D eigenvalue weighted by molar-refractivity contribution is 0.748. The molecule has 0 radical (unpaired) electrons. The normalized spacial score (nSPS) is 14.4. The van der Waals surface area contributed by atoms with Crippen molar-refractivity contribution >= 4 is 33.2 Å². The molecule has 1 spiro atoms. The second-order valence-corrected chi connectivity index (χ2v) is 15.6. The number of rotatable bonds is 5. The van der Waals surface area contributed by atoms with E-state index < -0.39 is 5.41 Å². The number of benzene rings is 8. The molecule has 8 aromatic carbocycles. The molecular formula is C55H38N2. The van der Waals surface area contributed by atoms with Crippen LogP contribution in [0, 0.1) is 0 Å². The lowest BCUT2D eigenvalue weighted by atomic mass is 9.65. The number of nitrogens with zero attached hydrogens (tertiary/aromatic N) is 2. The summed E-state index contributed by atoms with van der Waals surface area (Å²) in [6, 6.07) is 70.3. The lowest BCUT2D eigenvalue weighted by Gasteiger charge is -2.41. The van der Waals surface area contributed by atoms with E-state index in [0.29, 0.717) is 0 Å². The predicted octanol–water partition coefficient (Wildman–Crippen LogP) is 14.2. The molecule has 0 bridgehead atoms. The van der Waals surface area contributed by atoms with Crippen molar-refractivity contribution in [3.05, 3.63) is 234 Å². The molecule has 268 valence electrons. The van der Waals surface area contributed by atoms with E-state index in [2.05, 4.69) is 216 Å². The van der Waals surface area contributed by atoms with Crippen LogP contribution in [-0.4, -0.2) is 4.57 Å². The van der Waals surface area contributed by atoms with Crippen molar-refractivity contribution in [2.75, 3.05) is 4.90 Å². The van der Waals surface area contributed by atoms with Crippen LogP contribution in [0.2, 0.25) is 0 Å². The van der Waals surface area contributed by atoms with Crippen LogP contribution in [0.5, 0.6) is 0 Å². The summed E-state index contributed by atoms with van der Waals surface area (Å²) in [5, 5.41) is 2.54. The van der Waals surface area contributed by atoms with Gasteiger partial charge < -0.3 is 9.47 Å². The molecule has 0 atom stereocenters. The van der Waals surface area contributed by atoms with Gasteiger partial charge in [-0.3, -0.25) is 0 Å². The molecule has 1 aromatic heterocycles. The minimum absolute atomic E-state index is 0.572. The minimum Gasteiger partial charge on any atom is -0.314 e. The van der Waals surface area contributed by atoms with E-state index in [1.807, 2.05) is 0 Å². The van der Waals surface area contributed by atoms with Gasteiger partial charge in [0.25, 0.3) is 0 Å². The second-order valence-electron chi connectivity index (χ2n) is 15.6. The van der Waals surface area contributed by atoms with Crippen molar-refractivity contribution < 1.29 is 0 Å². The van der Waals surface area contributed by atoms with Crippen LogP contribution in [0.1, 0.15) is 35.1 Å². The lowest BCUT2D eigenvalue weighted by Crippen LogP contribution is -2.34. The Balaban J connectivity index is 1.25. The zero-order valence-corrected chi connectivity index (χ0v) is 31.4. The van der Waals surface area contributed by atoms with Crippen molar-refractivity contribution in [2.24, 2.45) is 0 Å². The number of aromatic nitrogens is 1. The summed E-state index contributed by atoms with van der Waals surface area (Å²) in [7, 11) is 0. The fraction of sp³-hybridized carbons (Fsp3) is 0.0545. The third-order valence-electron chi connectivity index (χ3n) is 12.6. The van der Waals surface area contributed by atoms with Crippen LogP contribution in [0.15, 0.2) is 212 Å². The summed E-state index contributed by atoms with van der Waals surface area (Å²) in [5.41, 5.74) is 19.6. The Hall–Kier alpha value is -7.16. The monoisotopic (exact) mass is 726 g/mol. The number of para-hydroxylation sites is 1.